The Balaban J connectivity index is 1.50. The largest absolute Gasteiger partial charge is 0.472 e. The summed E-state index contributed by atoms with van der Waals surface area (Å²) >= 11 is 0. The Morgan fingerprint density at radius 3 is 2.92 bits per heavy atom. The molecule has 1 amide bonds. The Bertz CT molecular complexity index is 826. The standard InChI is InChI=1S/C19H20N4O2/c24-19(17-8-10-25-13-17)22-9-4-7-16(12-22)18-21-20-14-23(18)11-15-5-2-1-3-6-15/h1-3,5-6,8,10,13-14,16H,4,7,9,11-12H2. The molecule has 1 aliphatic rings. The van der Waals surface area contributed by atoms with E-state index >= 15 is 0 Å². The third kappa shape index (κ3) is 3.33. The summed E-state index contributed by atoms with van der Waals surface area (Å²) in [5.74, 6) is 1.18. The summed E-state index contributed by atoms with van der Waals surface area (Å²) < 4.78 is 7.13. The minimum absolute atomic E-state index is 0.0209. The normalized spacial score (nSPS) is 17.6. The zero-order valence-corrected chi connectivity index (χ0v) is 13.9. The van der Waals surface area contributed by atoms with Gasteiger partial charge in [-0.05, 0) is 24.5 Å². The Hall–Kier alpha value is -2.89. The van der Waals surface area contributed by atoms with Crippen LogP contribution in [0.5, 0.6) is 0 Å². The average molecular weight is 336 g/mol. The average Bonchev–Trinajstić information content (AvgIpc) is 3.34. The fourth-order valence-corrected chi connectivity index (χ4v) is 3.42. The van der Waals surface area contributed by atoms with E-state index in [0.717, 1.165) is 31.8 Å². The lowest BCUT2D eigenvalue weighted by Crippen LogP contribution is -2.39. The highest BCUT2D eigenvalue weighted by atomic mass is 16.3. The van der Waals surface area contributed by atoms with Gasteiger partial charge in [-0.3, -0.25) is 4.79 Å². The molecule has 1 aromatic carbocycles. The molecule has 128 valence electrons. The van der Waals surface area contributed by atoms with Crippen molar-refractivity contribution in [2.45, 2.75) is 25.3 Å². The number of furan rings is 1. The van der Waals surface area contributed by atoms with Gasteiger partial charge in [-0.25, -0.2) is 0 Å². The summed E-state index contributed by atoms with van der Waals surface area (Å²) in [7, 11) is 0. The number of carbonyl (C=O) groups is 1. The fourth-order valence-electron chi connectivity index (χ4n) is 3.42. The van der Waals surface area contributed by atoms with Crippen LogP contribution >= 0.6 is 0 Å². The molecule has 3 heterocycles. The van der Waals surface area contributed by atoms with Gasteiger partial charge in [0.1, 0.15) is 18.4 Å². The lowest BCUT2D eigenvalue weighted by molar-refractivity contribution is 0.0702. The molecular formula is C19H20N4O2. The number of piperidine rings is 1. The second-order valence-electron chi connectivity index (χ2n) is 6.40. The van der Waals surface area contributed by atoms with Gasteiger partial charge in [0.25, 0.3) is 5.91 Å². The molecule has 3 aromatic rings. The Kier molecular flexibility index (Phi) is 4.33. The zero-order valence-electron chi connectivity index (χ0n) is 13.9. The Morgan fingerprint density at radius 2 is 2.12 bits per heavy atom. The van der Waals surface area contributed by atoms with Crippen molar-refractivity contribution in [2.75, 3.05) is 13.1 Å². The maximum absolute atomic E-state index is 12.6. The SMILES string of the molecule is O=C(c1ccoc1)N1CCCC(c2nncn2Cc2ccccc2)C1. The first-order chi connectivity index (χ1) is 12.3. The molecule has 25 heavy (non-hydrogen) atoms. The van der Waals surface area contributed by atoms with E-state index < -0.39 is 0 Å². The minimum atomic E-state index is 0.0209. The summed E-state index contributed by atoms with van der Waals surface area (Å²) in [6.07, 6.45) is 6.79. The highest BCUT2D eigenvalue weighted by molar-refractivity contribution is 5.93. The van der Waals surface area contributed by atoms with Crippen molar-refractivity contribution >= 4 is 5.91 Å². The van der Waals surface area contributed by atoms with Crippen molar-refractivity contribution in [3.8, 4) is 0 Å². The molecule has 1 unspecified atom stereocenters. The third-order valence-electron chi connectivity index (χ3n) is 4.68. The molecule has 0 spiro atoms. The van der Waals surface area contributed by atoms with Crippen molar-refractivity contribution in [1.29, 1.82) is 0 Å². The van der Waals surface area contributed by atoms with Gasteiger partial charge in [0.15, 0.2) is 0 Å². The minimum Gasteiger partial charge on any atom is -0.472 e. The number of hydrogen-bond acceptors (Lipinski definition) is 4. The molecule has 4 rings (SSSR count). The number of nitrogens with zero attached hydrogens (tertiary/aromatic N) is 4. The third-order valence-corrected chi connectivity index (χ3v) is 4.68. The second kappa shape index (κ2) is 6.93. The summed E-state index contributed by atoms with van der Waals surface area (Å²) in [6, 6.07) is 12.0. The van der Waals surface area contributed by atoms with Gasteiger partial charge in [0.05, 0.1) is 18.4 Å². The van der Waals surface area contributed by atoms with Gasteiger partial charge in [-0.1, -0.05) is 30.3 Å². The molecule has 0 aliphatic carbocycles. The molecule has 1 atom stereocenters. The van der Waals surface area contributed by atoms with Crippen LogP contribution in [0.2, 0.25) is 0 Å². The molecule has 0 N–H and O–H groups in total. The van der Waals surface area contributed by atoms with Gasteiger partial charge >= 0.3 is 0 Å². The monoisotopic (exact) mass is 336 g/mol. The molecule has 1 saturated heterocycles. The van der Waals surface area contributed by atoms with E-state index in [-0.39, 0.29) is 11.8 Å². The van der Waals surface area contributed by atoms with E-state index in [4.69, 9.17) is 4.42 Å². The highest BCUT2D eigenvalue weighted by Gasteiger charge is 2.28. The van der Waals surface area contributed by atoms with Crippen LogP contribution in [0.25, 0.3) is 0 Å². The fraction of sp³-hybridized carbons (Fsp3) is 0.316. The second-order valence-corrected chi connectivity index (χ2v) is 6.40. The number of rotatable bonds is 4. The molecule has 6 nitrogen and oxygen atoms in total. The van der Waals surface area contributed by atoms with E-state index in [1.165, 1.54) is 18.1 Å². The molecule has 6 heteroatoms. The lowest BCUT2D eigenvalue weighted by atomic mass is 9.96. The Morgan fingerprint density at radius 1 is 1.24 bits per heavy atom. The van der Waals surface area contributed by atoms with Crippen LogP contribution < -0.4 is 0 Å². The smallest absolute Gasteiger partial charge is 0.257 e. The molecule has 0 bridgehead atoms. The molecular weight excluding hydrogens is 316 g/mol. The van der Waals surface area contributed by atoms with Crippen molar-refractivity contribution < 1.29 is 9.21 Å². The first kappa shape index (κ1) is 15.6. The van der Waals surface area contributed by atoms with Gasteiger partial charge in [-0.15, -0.1) is 10.2 Å². The number of benzene rings is 1. The van der Waals surface area contributed by atoms with Crippen molar-refractivity contribution in [2.24, 2.45) is 0 Å². The van der Waals surface area contributed by atoms with Crippen molar-refractivity contribution in [3.05, 3.63) is 72.2 Å². The van der Waals surface area contributed by atoms with E-state index in [9.17, 15) is 4.79 Å². The summed E-state index contributed by atoms with van der Waals surface area (Å²) in [6.45, 7) is 2.18. The van der Waals surface area contributed by atoms with Gasteiger partial charge < -0.3 is 13.9 Å². The van der Waals surface area contributed by atoms with E-state index in [1.807, 2.05) is 23.1 Å². The van der Waals surface area contributed by atoms with E-state index in [2.05, 4.69) is 26.9 Å². The van der Waals surface area contributed by atoms with Gasteiger partial charge in [0, 0.05) is 19.0 Å². The maximum atomic E-state index is 12.6. The van der Waals surface area contributed by atoms with Crippen LogP contribution in [-0.2, 0) is 6.54 Å². The predicted molar refractivity (Wildman–Crippen MR) is 92.2 cm³/mol. The highest BCUT2D eigenvalue weighted by Crippen LogP contribution is 2.27. The molecule has 1 aliphatic heterocycles. The topological polar surface area (TPSA) is 64.2 Å². The van der Waals surface area contributed by atoms with Crippen molar-refractivity contribution in [1.82, 2.24) is 19.7 Å². The maximum Gasteiger partial charge on any atom is 0.257 e. The molecule has 2 aromatic heterocycles. The van der Waals surface area contributed by atoms with Crippen LogP contribution in [0.15, 0.2) is 59.7 Å². The van der Waals surface area contributed by atoms with Crippen LogP contribution in [-0.4, -0.2) is 38.7 Å². The molecule has 0 saturated carbocycles. The number of aromatic nitrogens is 3. The summed E-state index contributed by atoms with van der Waals surface area (Å²) in [5, 5.41) is 8.46. The van der Waals surface area contributed by atoms with E-state index in [1.54, 1.807) is 12.4 Å². The van der Waals surface area contributed by atoms with Gasteiger partial charge in [0.2, 0.25) is 0 Å². The van der Waals surface area contributed by atoms with Gasteiger partial charge in [-0.2, -0.15) is 0 Å². The van der Waals surface area contributed by atoms with Crippen LogP contribution in [0.3, 0.4) is 0 Å². The summed E-state index contributed by atoms with van der Waals surface area (Å²) in [4.78, 5) is 14.5. The molecule has 0 radical (unpaired) electrons. The number of amides is 1. The van der Waals surface area contributed by atoms with Crippen LogP contribution in [0.1, 0.15) is 40.5 Å². The predicted octanol–water partition coefficient (Wildman–Crippen LogP) is 2.94. The van der Waals surface area contributed by atoms with Crippen LogP contribution in [0.4, 0.5) is 0 Å². The first-order valence-electron chi connectivity index (χ1n) is 8.54. The summed E-state index contributed by atoms with van der Waals surface area (Å²) in [5.41, 5.74) is 1.82. The molecule has 1 fully saturated rings. The van der Waals surface area contributed by atoms with Crippen molar-refractivity contribution in [3.63, 3.8) is 0 Å². The lowest BCUT2D eigenvalue weighted by Gasteiger charge is -2.32. The number of likely N-dealkylation sites (tertiary alicyclic amines) is 1. The number of carbonyl (C=O) groups excluding carboxylic acids is 1. The first-order valence-corrected chi connectivity index (χ1v) is 8.54. The zero-order chi connectivity index (χ0) is 17.1. The van der Waals surface area contributed by atoms with E-state index in [0.29, 0.717) is 12.1 Å². The van der Waals surface area contributed by atoms with Crippen LogP contribution in [0, 0.1) is 0 Å². The quantitative estimate of drug-likeness (QED) is 0.735. The Labute approximate surface area is 146 Å². The number of hydrogen-bond donors (Lipinski definition) is 0.